The maximum absolute atomic E-state index is 11.5. The third-order valence-corrected chi connectivity index (χ3v) is 5.65. The lowest BCUT2D eigenvalue weighted by Crippen LogP contribution is -2.10. The van der Waals surface area contributed by atoms with Gasteiger partial charge in [-0.15, -0.1) is 0 Å². The van der Waals surface area contributed by atoms with Crippen LogP contribution in [-0.4, -0.2) is 32.6 Å². The van der Waals surface area contributed by atoms with Gasteiger partial charge < -0.3 is 14.6 Å². The largest absolute Gasteiger partial charge is 0.466 e. The quantitative estimate of drug-likeness (QED) is 0.351. The van der Waals surface area contributed by atoms with Crippen molar-refractivity contribution in [1.82, 2.24) is 19.5 Å². The first kappa shape index (κ1) is 21.2. The maximum atomic E-state index is 11.5. The monoisotopic (exact) mass is 427 g/mol. The highest BCUT2D eigenvalue weighted by molar-refractivity contribution is 5.94. The average molecular weight is 428 g/mol. The molecule has 0 amide bonds. The van der Waals surface area contributed by atoms with Gasteiger partial charge in [-0.05, 0) is 44.0 Å². The van der Waals surface area contributed by atoms with Crippen molar-refractivity contribution in [1.29, 1.82) is 0 Å². The molecule has 7 heteroatoms. The number of carbonyl (C=O) groups is 1. The number of nitrogens with one attached hydrogen (secondary N) is 1. The van der Waals surface area contributed by atoms with Gasteiger partial charge in [-0.3, -0.25) is 4.98 Å². The predicted molar refractivity (Wildman–Crippen MR) is 125 cm³/mol. The van der Waals surface area contributed by atoms with Gasteiger partial charge >= 0.3 is 5.97 Å². The number of nitrogens with zero attached hydrogens (tertiary/aromatic N) is 4. The van der Waals surface area contributed by atoms with E-state index >= 15 is 0 Å². The molecule has 1 N–H and O–H groups in total. The molecular formula is C25H25N5O2. The number of benzene rings is 1. The summed E-state index contributed by atoms with van der Waals surface area (Å²) >= 11 is 0. The topological polar surface area (TPSA) is 81.9 Å². The Hall–Kier alpha value is -4.00. The van der Waals surface area contributed by atoms with Crippen molar-refractivity contribution in [3.8, 4) is 11.4 Å². The maximum Gasteiger partial charge on any atom is 0.331 e. The van der Waals surface area contributed by atoms with E-state index < -0.39 is 5.97 Å². The Bertz CT molecular complexity index is 1280. The van der Waals surface area contributed by atoms with Crippen LogP contribution in [0.1, 0.15) is 29.8 Å². The Morgan fingerprint density at radius 3 is 2.50 bits per heavy atom. The summed E-state index contributed by atoms with van der Waals surface area (Å²) in [5.41, 5.74) is 5.07. The van der Waals surface area contributed by atoms with E-state index in [2.05, 4.69) is 52.5 Å². The van der Waals surface area contributed by atoms with Gasteiger partial charge in [0, 0.05) is 35.9 Å². The van der Waals surface area contributed by atoms with Crippen LogP contribution in [0.15, 0.2) is 67.1 Å². The van der Waals surface area contributed by atoms with Crippen molar-refractivity contribution < 1.29 is 9.53 Å². The normalized spacial score (nSPS) is 12.2. The fraction of sp³-hybridized carbons (Fsp3) is 0.200. The zero-order chi connectivity index (χ0) is 22.7. The second-order valence-electron chi connectivity index (χ2n) is 7.50. The molecule has 0 aliphatic heterocycles. The third kappa shape index (κ3) is 3.97. The Morgan fingerprint density at radius 1 is 1.09 bits per heavy atom. The molecule has 4 aromatic rings. The number of methoxy groups -OCH3 is 1. The molecule has 0 spiro atoms. The third-order valence-electron chi connectivity index (χ3n) is 5.65. The molecule has 0 saturated carbocycles. The van der Waals surface area contributed by atoms with E-state index in [0.717, 1.165) is 27.9 Å². The molecule has 32 heavy (non-hydrogen) atoms. The van der Waals surface area contributed by atoms with E-state index in [1.807, 2.05) is 30.3 Å². The molecule has 1 atom stereocenters. The molecule has 0 fully saturated rings. The fourth-order valence-electron chi connectivity index (χ4n) is 3.83. The van der Waals surface area contributed by atoms with Gasteiger partial charge in [0.2, 0.25) is 0 Å². The number of rotatable bonds is 6. The standard InChI is InChI=1S/C25H25N5O2/c1-16-17(2)30(18(3)19-8-6-5-7-9-19)25-22(16)24(27-15-12-21(31)32-4)28-23(29-25)20-10-13-26-14-11-20/h5-15,18H,1-4H3,(H,27,28,29)/b15-12+. The van der Waals surface area contributed by atoms with Crippen LogP contribution in [0, 0.1) is 13.8 Å². The zero-order valence-corrected chi connectivity index (χ0v) is 18.5. The van der Waals surface area contributed by atoms with E-state index in [1.54, 1.807) is 12.4 Å². The molecule has 162 valence electrons. The first-order valence-corrected chi connectivity index (χ1v) is 10.4. The number of esters is 1. The molecule has 1 unspecified atom stereocenters. The molecule has 0 bridgehead atoms. The molecule has 0 radical (unpaired) electrons. The first-order chi connectivity index (χ1) is 15.5. The average Bonchev–Trinajstić information content (AvgIpc) is 3.09. The summed E-state index contributed by atoms with van der Waals surface area (Å²) in [6.45, 7) is 6.33. The molecule has 0 aliphatic rings. The molecule has 3 aromatic heterocycles. The summed E-state index contributed by atoms with van der Waals surface area (Å²) in [5, 5.41) is 4.08. The van der Waals surface area contributed by atoms with E-state index in [0.29, 0.717) is 11.6 Å². The summed E-state index contributed by atoms with van der Waals surface area (Å²) in [6, 6.07) is 14.2. The number of carbonyl (C=O) groups excluding carboxylic acids is 1. The van der Waals surface area contributed by atoms with Gasteiger partial charge in [-0.1, -0.05) is 30.3 Å². The van der Waals surface area contributed by atoms with Gasteiger partial charge in [0.25, 0.3) is 0 Å². The number of aromatic nitrogens is 4. The second-order valence-corrected chi connectivity index (χ2v) is 7.50. The van der Waals surface area contributed by atoms with Crippen LogP contribution >= 0.6 is 0 Å². The highest BCUT2D eigenvalue weighted by Gasteiger charge is 2.22. The lowest BCUT2D eigenvalue weighted by Gasteiger charge is -2.18. The number of pyridine rings is 1. The molecule has 3 heterocycles. The molecule has 0 aliphatic carbocycles. The van der Waals surface area contributed by atoms with Crippen LogP contribution < -0.4 is 5.32 Å². The van der Waals surface area contributed by atoms with Gasteiger partial charge in [-0.25, -0.2) is 14.8 Å². The Morgan fingerprint density at radius 2 is 1.81 bits per heavy atom. The second kappa shape index (κ2) is 9.01. The Kier molecular flexibility index (Phi) is 5.98. The van der Waals surface area contributed by atoms with Gasteiger partial charge in [0.15, 0.2) is 5.82 Å². The van der Waals surface area contributed by atoms with Crippen molar-refractivity contribution in [2.45, 2.75) is 26.8 Å². The molecule has 4 rings (SSSR count). The minimum absolute atomic E-state index is 0.0750. The van der Waals surface area contributed by atoms with Crippen LogP contribution in [0.5, 0.6) is 0 Å². The zero-order valence-electron chi connectivity index (χ0n) is 18.5. The van der Waals surface area contributed by atoms with Crippen molar-refractivity contribution in [2.75, 3.05) is 12.4 Å². The van der Waals surface area contributed by atoms with Gasteiger partial charge in [0.05, 0.1) is 18.5 Å². The minimum Gasteiger partial charge on any atom is -0.466 e. The summed E-state index contributed by atoms with van der Waals surface area (Å²) in [6.07, 6.45) is 6.30. The lowest BCUT2D eigenvalue weighted by atomic mass is 10.1. The molecule has 1 aromatic carbocycles. The van der Waals surface area contributed by atoms with Gasteiger partial charge in [-0.2, -0.15) is 0 Å². The number of fused-ring (bicyclic) bond motifs is 1. The number of hydrogen-bond acceptors (Lipinski definition) is 6. The summed E-state index contributed by atoms with van der Waals surface area (Å²) in [5.74, 6) is 0.759. The van der Waals surface area contributed by atoms with Crippen LogP contribution in [0.4, 0.5) is 5.82 Å². The Balaban J connectivity index is 1.94. The SMILES string of the molecule is COC(=O)/C=C/Nc1nc(-c2ccncc2)nc2c1c(C)c(C)n2C(C)c1ccccc1. The van der Waals surface area contributed by atoms with E-state index in [-0.39, 0.29) is 6.04 Å². The van der Waals surface area contributed by atoms with Crippen molar-refractivity contribution in [2.24, 2.45) is 0 Å². The molecule has 0 saturated heterocycles. The van der Waals surface area contributed by atoms with E-state index in [9.17, 15) is 4.79 Å². The molecule has 7 nitrogen and oxygen atoms in total. The van der Waals surface area contributed by atoms with Crippen LogP contribution in [0.3, 0.4) is 0 Å². The number of anilines is 1. The smallest absolute Gasteiger partial charge is 0.331 e. The van der Waals surface area contributed by atoms with Crippen molar-refractivity contribution in [3.05, 3.63) is 84.0 Å². The summed E-state index contributed by atoms with van der Waals surface area (Å²) < 4.78 is 6.92. The Labute approximate surface area is 186 Å². The van der Waals surface area contributed by atoms with Crippen LogP contribution in [-0.2, 0) is 9.53 Å². The van der Waals surface area contributed by atoms with E-state index in [1.165, 1.54) is 24.9 Å². The van der Waals surface area contributed by atoms with Crippen molar-refractivity contribution >= 4 is 22.8 Å². The number of hydrogen-bond donors (Lipinski definition) is 1. The lowest BCUT2D eigenvalue weighted by molar-refractivity contribution is -0.134. The summed E-state index contributed by atoms with van der Waals surface area (Å²) in [7, 11) is 1.34. The van der Waals surface area contributed by atoms with Crippen LogP contribution in [0.25, 0.3) is 22.4 Å². The highest BCUT2D eigenvalue weighted by atomic mass is 16.5. The predicted octanol–water partition coefficient (Wildman–Crippen LogP) is 4.82. The fourth-order valence-corrected chi connectivity index (χ4v) is 3.83. The summed E-state index contributed by atoms with van der Waals surface area (Å²) in [4.78, 5) is 25.4. The first-order valence-electron chi connectivity index (χ1n) is 10.4. The number of ether oxygens (including phenoxy) is 1. The van der Waals surface area contributed by atoms with E-state index in [4.69, 9.17) is 9.97 Å². The van der Waals surface area contributed by atoms with Crippen molar-refractivity contribution in [3.63, 3.8) is 0 Å². The van der Waals surface area contributed by atoms with Crippen LogP contribution in [0.2, 0.25) is 0 Å². The number of aryl methyl sites for hydroxylation is 1. The minimum atomic E-state index is -0.444. The van der Waals surface area contributed by atoms with Gasteiger partial charge in [0.1, 0.15) is 11.5 Å². The highest BCUT2D eigenvalue weighted by Crippen LogP contribution is 2.35. The molecular weight excluding hydrogens is 402 g/mol.